The van der Waals surface area contributed by atoms with Gasteiger partial charge in [0.15, 0.2) is 0 Å². The second-order valence-corrected chi connectivity index (χ2v) is 6.13. The summed E-state index contributed by atoms with van der Waals surface area (Å²) in [6, 6.07) is 7.53. The van der Waals surface area contributed by atoms with Crippen LogP contribution in [0.25, 0.3) is 0 Å². The smallest absolute Gasteiger partial charge is 0.353 e. The number of hydrogen-bond donors (Lipinski definition) is 1. The first-order chi connectivity index (χ1) is 11.1. The summed E-state index contributed by atoms with van der Waals surface area (Å²) in [5.74, 6) is 0.508. The van der Waals surface area contributed by atoms with Crippen molar-refractivity contribution in [3.63, 3.8) is 0 Å². The molecule has 1 aromatic heterocycles. The number of nitrogens with zero attached hydrogens (tertiary/aromatic N) is 4. The second kappa shape index (κ2) is 7.04. The van der Waals surface area contributed by atoms with Crippen LogP contribution in [0, 0.1) is 13.7 Å². The van der Waals surface area contributed by atoms with Crippen LogP contribution in [0.2, 0.25) is 0 Å². The Bertz CT molecular complexity index is 704. The minimum atomic E-state index is -0.445. The van der Waals surface area contributed by atoms with Gasteiger partial charge in [-0.25, -0.2) is 9.97 Å². The summed E-state index contributed by atoms with van der Waals surface area (Å²) in [4.78, 5) is 21.1. The van der Waals surface area contributed by atoms with E-state index < -0.39 is 4.92 Å². The maximum Gasteiger partial charge on any atom is 0.353 e. The van der Waals surface area contributed by atoms with Gasteiger partial charge in [0, 0.05) is 22.3 Å². The number of ether oxygens (including phenoxy) is 1. The fourth-order valence-corrected chi connectivity index (χ4v) is 2.67. The van der Waals surface area contributed by atoms with Crippen molar-refractivity contribution in [3.8, 4) is 0 Å². The Kier molecular flexibility index (Phi) is 4.86. The Morgan fingerprint density at radius 2 is 1.91 bits per heavy atom. The number of morpholine rings is 1. The molecule has 1 aliphatic rings. The Morgan fingerprint density at radius 3 is 2.57 bits per heavy atom. The minimum Gasteiger partial charge on any atom is -0.378 e. The largest absolute Gasteiger partial charge is 0.378 e. The molecule has 0 aliphatic carbocycles. The molecule has 1 aliphatic heterocycles. The van der Waals surface area contributed by atoms with Crippen molar-refractivity contribution in [3.05, 3.63) is 44.3 Å². The van der Waals surface area contributed by atoms with E-state index in [0.29, 0.717) is 32.1 Å². The molecule has 0 amide bonds. The lowest BCUT2D eigenvalue weighted by atomic mass is 10.3. The molecule has 1 fully saturated rings. The lowest BCUT2D eigenvalue weighted by molar-refractivity contribution is -0.383. The molecule has 3 rings (SSSR count). The molecule has 120 valence electrons. The molecular formula is C14H14IN5O3. The van der Waals surface area contributed by atoms with Gasteiger partial charge in [-0.2, -0.15) is 0 Å². The fourth-order valence-electron chi connectivity index (χ4n) is 2.31. The van der Waals surface area contributed by atoms with Crippen LogP contribution >= 0.6 is 22.6 Å². The first kappa shape index (κ1) is 15.9. The highest BCUT2D eigenvalue weighted by atomic mass is 127. The van der Waals surface area contributed by atoms with Gasteiger partial charge in [-0.1, -0.05) is 0 Å². The summed E-state index contributed by atoms with van der Waals surface area (Å²) < 4.78 is 6.37. The maximum absolute atomic E-state index is 11.6. The Morgan fingerprint density at radius 1 is 1.22 bits per heavy atom. The van der Waals surface area contributed by atoms with Gasteiger partial charge < -0.3 is 15.0 Å². The number of nitro groups is 1. The normalized spacial score (nSPS) is 14.6. The SMILES string of the molecule is O=[N+]([O-])c1c(Nc2ccc(I)cc2)ncnc1N1CCOCC1. The van der Waals surface area contributed by atoms with E-state index in [4.69, 9.17) is 4.74 Å². The number of benzene rings is 1. The average molecular weight is 427 g/mol. The third-order valence-corrected chi connectivity index (χ3v) is 4.12. The van der Waals surface area contributed by atoms with Gasteiger partial charge in [-0.3, -0.25) is 10.1 Å². The zero-order chi connectivity index (χ0) is 16.2. The molecule has 1 aromatic carbocycles. The van der Waals surface area contributed by atoms with Crippen molar-refractivity contribution in [2.75, 3.05) is 36.5 Å². The van der Waals surface area contributed by atoms with E-state index in [2.05, 4.69) is 37.9 Å². The predicted molar refractivity (Wildman–Crippen MR) is 94.2 cm³/mol. The fraction of sp³-hybridized carbons (Fsp3) is 0.286. The van der Waals surface area contributed by atoms with Crippen molar-refractivity contribution in [2.24, 2.45) is 0 Å². The van der Waals surface area contributed by atoms with Gasteiger partial charge in [0.2, 0.25) is 11.6 Å². The zero-order valence-corrected chi connectivity index (χ0v) is 14.3. The van der Waals surface area contributed by atoms with Crippen LogP contribution in [0.1, 0.15) is 0 Å². The topological polar surface area (TPSA) is 93.4 Å². The van der Waals surface area contributed by atoms with Crippen LogP contribution in [0.5, 0.6) is 0 Å². The van der Waals surface area contributed by atoms with Gasteiger partial charge in [0.25, 0.3) is 0 Å². The number of aromatic nitrogens is 2. The predicted octanol–water partition coefficient (Wildman–Crippen LogP) is 2.57. The monoisotopic (exact) mass is 427 g/mol. The van der Waals surface area contributed by atoms with Gasteiger partial charge >= 0.3 is 5.69 Å². The average Bonchev–Trinajstić information content (AvgIpc) is 2.57. The summed E-state index contributed by atoms with van der Waals surface area (Å²) in [7, 11) is 0. The van der Waals surface area contributed by atoms with E-state index in [9.17, 15) is 10.1 Å². The van der Waals surface area contributed by atoms with E-state index in [1.54, 1.807) is 0 Å². The number of anilines is 3. The maximum atomic E-state index is 11.6. The van der Waals surface area contributed by atoms with Crippen molar-refractivity contribution in [1.29, 1.82) is 0 Å². The van der Waals surface area contributed by atoms with Crippen LogP contribution in [0.15, 0.2) is 30.6 Å². The van der Waals surface area contributed by atoms with E-state index in [-0.39, 0.29) is 11.5 Å². The van der Waals surface area contributed by atoms with Crippen molar-refractivity contribution < 1.29 is 9.66 Å². The molecular weight excluding hydrogens is 413 g/mol. The summed E-state index contributed by atoms with van der Waals surface area (Å²) in [6.07, 6.45) is 1.34. The van der Waals surface area contributed by atoms with E-state index in [0.717, 1.165) is 9.26 Å². The van der Waals surface area contributed by atoms with Crippen molar-refractivity contribution >= 4 is 45.6 Å². The van der Waals surface area contributed by atoms with Gasteiger partial charge in [0.1, 0.15) is 6.33 Å². The van der Waals surface area contributed by atoms with Crippen LogP contribution in [0.4, 0.5) is 23.0 Å². The number of halogens is 1. The standard InChI is InChI=1S/C14H14IN5O3/c15-10-1-3-11(4-2-10)18-13-12(20(21)22)14(17-9-16-13)19-5-7-23-8-6-19/h1-4,9H,5-8H2,(H,16,17,18). The van der Waals surface area contributed by atoms with Gasteiger partial charge in [-0.15, -0.1) is 0 Å². The first-order valence-electron chi connectivity index (χ1n) is 7.00. The van der Waals surface area contributed by atoms with Crippen LogP contribution in [-0.2, 0) is 4.74 Å². The third-order valence-electron chi connectivity index (χ3n) is 3.40. The first-order valence-corrected chi connectivity index (χ1v) is 8.07. The highest BCUT2D eigenvalue weighted by Crippen LogP contribution is 2.33. The minimum absolute atomic E-state index is 0.118. The van der Waals surface area contributed by atoms with E-state index in [1.807, 2.05) is 29.2 Å². The Balaban J connectivity index is 1.95. The van der Waals surface area contributed by atoms with Gasteiger partial charge in [-0.05, 0) is 46.9 Å². The molecule has 9 heteroatoms. The molecule has 1 saturated heterocycles. The van der Waals surface area contributed by atoms with E-state index >= 15 is 0 Å². The molecule has 0 radical (unpaired) electrons. The summed E-state index contributed by atoms with van der Waals surface area (Å²) >= 11 is 2.20. The number of hydrogen-bond acceptors (Lipinski definition) is 7. The highest BCUT2D eigenvalue weighted by molar-refractivity contribution is 14.1. The zero-order valence-electron chi connectivity index (χ0n) is 12.1. The quantitative estimate of drug-likeness (QED) is 0.456. The molecule has 8 nitrogen and oxygen atoms in total. The third kappa shape index (κ3) is 3.67. The Hall–Kier alpha value is -2.01. The van der Waals surface area contributed by atoms with Crippen LogP contribution in [-0.4, -0.2) is 41.2 Å². The number of rotatable bonds is 4. The summed E-state index contributed by atoms with van der Waals surface area (Å²) in [5.41, 5.74) is 0.619. The lowest BCUT2D eigenvalue weighted by Crippen LogP contribution is -2.37. The summed E-state index contributed by atoms with van der Waals surface area (Å²) in [5, 5.41) is 14.6. The molecule has 0 spiro atoms. The molecule has 23 heavy (non-hydrogen) atoms. The molecule has 0 unspecified atom stereocenters. The Labute approximate surface area is 146 Å². The highest BCUT2D eigenvalue weighted by Gasteiger charge is 2.28. The van der Waals surface area contributed by atoms with Crippen LogP contribution < -0.4 is 10.2 Å². The molecule has 2 aromatic rings. The summed E-state index contributed by atoms with van der Waals surface area (Å²) in [6.45, 7) is 2.20. The van der Waals surface area contributed by atoms with Crippen LogP contribution in [0.3, 0.4) is 0 Å². The lowest BCUT2D eigenvalue weighted by Gasteiger charge is -2.27. The van der Waals surface area contributed by atoms with Gasteiger partial charge in [0.05, 0.1) is 18.1 Å². The molecule has 1 N–H and O–H groups in total. The second-order valence-electron chi connectivity index (χ2n) is 4.88. The van der Waals surface area contributed by atoms with Crippen molar-refractivity contribution in [2.45, 2.75) is 0 Å². The van der Waals surface area contributed by atoms with E-state index in [1.165, 1.54) is 6.33 Å². The molecule has 0 atom stereocenters. The molecule has 0 bridgehead atoms. The molecule has 0 saturated carbocycles. The number of nitrogens with one attached hydrogen (secondary N) is 1. The molecule has 2 heterocycles. The van der Waals surface area contributed by atoms with Crippen molar-refractivity contribution in [1.82, 2.24) is 9.97 Å².